The first kappa shape index (κ1) is 16.2. The number of carbonyl (C=O) groups is 1. The molecule has 1 aromatic carbocycles. The van der Waals surface area contributed by atoms with Crippen LogP contribution in [0, 0.1) is 0 Å². The van der Waals surface area contributed by atoms with Crippen LogP contribution in [0.2, 0.25) is 0 Å². The van der Waals surface area contributed by atoms with Crippen LogP contribution in [0.25, 0.3) is 20.7 Å². The van der Waals surface area contributed by atoms with Gasteiger partial charge in [0.15, 0.2) is 10.9 Å². The summed E-state index contributed by atoms with van der Waals surface area (Å²) in [6.45, 7) is 0. The fourth-order valence-corrected chi connectivity index (χ4v) is 4.64. The summed E-state index contributed by atoms with van der Waals surface area (Å²) in [6.07, 6.45) is 3.30. The van der Waals surface area contributed by atoms with E-state index >= 15 is 0 Å². The Balaban J connectivity index is 1.60. The van der Waals surface area contributed by atoms with Crippen LogP contribution in [-0.2, 0) is 0 Å². The highest BCUT2D eigenvalue weighted by Gasteiger charge is 2.16. The Morgan fingerprint density at radius 1 is 1.08 bits per heavy atom. The van der Waals surface area contributed by atoms with Gasteiger partial charge in [0.25, 0.3) is 5.91 Å². The van der Waals surface area contributed by atoms with Gasteiger partial charge in [-0.15, -0.1) is 11.3 Å². The smallest absolute Gasteiger partial charge is 0.261 e. The molecule has 4 rings (SSSR count). The molecule has 0 radical (unpaired) electrons. The SMILES string of the molecule is O=C(Nc1ncc(-c2ccc(Br)s2)s1)c1ccc2cccnc2c1O. The summed E-state index contributed by atoms with van der Waals surface area (Å²) >= 11 is 6.41. The first-order valence-corrected chi connectivity index (χ1v) is 9.64. The molecule has 3 heterocycles. The van der Waals surface area contributed by atoms with Gasteiger partial charge in [0.2, 0.25) is 0 Å². The second kappa shape index (κ2) is 6.55. The van der Waals surface area contributed by atoms with Crippen LogP contribution >= 0.6 is 38.6 Å². The van der Waals surface area contributed by atoms with Crippen LogP contribution < -0.4 is 5.32 Å². The number of aromatic hydroxyl groups is 1. The minimum absolute atomic E-state index is 0.130. The molecule has 0 bridgehead atoms. The number of hydrogen-bond acceptors (Lipinski definition) is 6. The third-order valence-corrected chi connectivity index (χ3v) is 6.27. The Kier molecular flexibility index (Phi) is 4.24. The van der Waals surface area contributed by atoms with Crippen LogP contribution in [0.1, 0.15) is 10.4 Å². The average molecular weight is 432 g/mol. The number of thiazole rings is 1. The van der Waals surface area contributed by atoms with Gasteiger partial charge in [-0.1, -0.05) is 23.5 Å². The number of pyridine rings is 1. The van der Waals surface area contributed by atoms with Crippen molar-refractivity contribution in [3.8, 4) is 15.5 Å². The molecule has 124 valence electrons. The van der Waals surface area contributed by atoms with Crippen LogP contribution in [0.5, 0.6) is 5.75 Å². The molecule has 5 nitrogen and oxygen atoms in total. The van der Waals surface area contributed by atoms with Gasteiger partial charge in [-0.3, -0.25) is 15.1 Å². The molecule has 0 aliphatic heterocycles. The predicted molar refractivity (Wildman–Crippen MR) is 104 cm³/mol. The lowest BCUT2D eigenvalue weighted by Crippen LogP contribution is -2.12. The second-order valence-corrected chi connectivity index (χ2v) is 8.62. The Labute approximate surface area is 159 Å². The molecular formula is C17H10BrN3O2S2. The fraction of sp³-hybridized carbons (Fsp3) is 0. The van der Waals surface area contributed by atoms with Crippen LogP contribution in [0.3, 0.4) is 0 Å². The van der Waals surface area contributed by atoms with Crippen molar-refractivity contribution < 1.29 is 9.90 Å². The Morgan fingerprint density at radius 3 is 2.76 bits per heavy atom. The minimum Gasteiger partial charge on any atom is -0.505 e. The molecule has 0 atom stereocenters. The first-order chi connectivity index (χ1) is 12.1. The zero-order valence-electron chi connectivity index (χ0n) is 12.6. The average Bonchev–Trinajstić information content (AvgIpc) is 3.24. The van der Waals surface area contributed by atoms with Crippen LogP contribution in [-0.4, -0.2) is 21.0 Å². The van der Waals surface area contributed by atoms with E-state index in [0.717, 1.165) is 18.9 Å². The van der Waals surface area contributed by atoms with E-state index in [1.165, 1.54) is 11.3 Å². The number of anilines is 1. The summed E-state index contributed by atoms with van der Waals surface area (Å²) in [5.74, 6) is -0.548. The molecule has 25 heavy (non-hydrogen) atoms. The van der Waals surface area contributed by atoms with Crippen molar-refractivity contribution in [1.29, 1.82) is 0 Å². The van der Waals surface area contributed by atoms with Crippen molar-refractivity contribution in [3.05, 3.63) is 58.1 Å². The summed E-state index contributed by atoms with van der Waals surface area (Å²) < 4.78 is 1.04. The number of fused-ring (bicyclic) bond motifs is 1. The van der Waals surface area contributed by atoms with E-state index in [0.29, 0.717) is 10.6 Å². The van der Waals surface area contributed by atoms with Crippen molar-refractivity contribution in [2.75, 3.05) is 5.32 Å². The molecule has 0 spiro atoms. The highest BCUT2D eigenvalue weighted by Crippen LogP contribution is 2.36. The quantitative estimate of drug-likeness (QED) is 0.470. The van der Waals surface area contributed by atoms with E-state index in [4.69, 9.17) is 0 Å². The van der Waals surface area contributed by atoms with E-state index in [2.05, 4.69) is 31.2 Å². The topological polar surface area (TPSA) is 75.1 Å². The Hall–Kier alpha value is -2.29. The van der Waals surface area contributed by atoms with Gasteiger partial charge in [0, 0.05) is 22.7 Å². The Bertz CT molecular complexity index is 1090. The lowest BCUT2D eigenvalue weighted by atomic mass is 10.1. The van der Waals surface area contributed by atoms with Gasteiger partial charge in [-0.05, 0) is 40.2 Å². The van der Waals surface area contributed by atoms with Crippen molar-refractivity contribution in [3.63, 3.8) is 0 Å². The molecular weight excluding hydrogens is 422 g/mol. The monoisotopic (exact) mass is 431 g/mol. The summed E-state index contributed by atoms with van der Waals surface area (Å²) in [5, 5.41) is 14.3. The largest absolute Gasteiger partial charge is 0.505 e. The molecule has 3 aromatic heterocycles. The molecule has 0 saturated heterocycles. The van der Waals surface area contributed by atoms with Gasteiger partial charge in [-0.25, -0.2) is 4.98 Å². The number of hydrogen-bond donors (Lipinski definition) is 2. The van der Waals surface area contributed by atoms with Crippen molar-refractivity contribution in [2.24, 2.45) is 0 Å². The van der Waals surface area contributed by atoms with E-state index in [1.54, 1.807) is 41.9 Å². The Morgan fingerprint density at radius 2 is 1.96 bits per heavy atom. The second-order valence-electron chi connectivity index (χ2n) is 5.12. The number of aromatic nitrogens is 2. The normalized spacial score (nSPS) is 10.9. The number of thiophene rings is 1. The highest BCUT2D eigenvalue weighted by molar-refractivity contribution is 9.11. The molecule has 4 aromatic rings. The van der Waals surface area contributed by atoms with Gasteiger partial charge in [0.1, 0.15) is 5.52 Å². The molecule has 1 amide bonds. The lowest BCUT2D eigenvalue weighted by molar-refractivity contribution is 0.102. The predicted octanol–water partition coefficient (Wildman–Crippen LogP) is 5.14. The van der Waals surface area contributed by atoms with Crippen molar-refractivity contribution >= 4 is 60.5 Å². The van der Waals surface area contributed by atoms with Crippen molar-refractivity contribution in [2.45, 2.75) is 0 Å². The maximum atomic E-state index is 12.5. The highest BCUT2D eigenvalue weighted by atomic mass is 79.9. The standard InChI is InChI=1S/C17H10BrN3O2S2/c18-13-6-5-11(24-13)12-8-20-17(25-12)21-16(23)10-4-3-9-2-1-7-19-14(9)15(10)22/h1-8,22H,(H,20,21,23). The maximum Gasteiger partial charge on any atom is 0.261 e. The fourth-order valence-electron chi connectivity index (χ4n) is 2.37. The number of benzene rings is 1. The van der Waals surface area contributed by atoms with Crippen LogP contribution in [0.15, 0.2) is 52.6 Å². The number of phenols is 1. The van der Waals surface area contributed by atoms with Crippen LogP contribution in [0.4, 0.5) is 5.13 Å². The van der Waals surface area contributed by atoms with Gasteiger partial charge < -0.3 is 5.11 Å². The molecule has 0 fully saturated rings. The molecule has 0 saturated carbocycles. The van der Waals surface area contributed by atoms with Gasteiger partial charge in [-0.2, -0.15) is 0 Å². The maximum absolute atomic E-state index is 12.5. The molecule has 2 N–H and O–H groups in total. The molecule has 0 unspecified atom stereocenters. The summed E-state index contributed by atoms with van der Waals surface area (Å²) in [6, 6.07) is 10.9. The number of carbonyl (C=O) groups excluding carboxylic acids is 1. The number of rotatable bonds is 3. The zero-order chi connectivity index (χ0) is 17.4. The number of phenolic OH excluding ortho intramolecular Hbond substituents is 1. The first-order valence-electron chi connectivity index (χ1n) is 7.21. The summed E-state index contributed by atoms with van der Waals surface area (Å²) in [7, 11) is 0. The third kappa shape index (κ3) is 3.15. The lowest BCUT2D eigenvalue weighted by Gasteiger charge is -2.06. The molecule has 0 aliphatic carbocycles. The number of nitrogens with zero attached hydrogens (tertiary/aromatic N) is 2. The van der Waals surface area contributed by atoms with Crippen molar-refractivity contribution in [1.82, 2.24) is 9.97 Å². The third-order valence-electron chi connectivity index (χ3n) is 3.53. The molecule has 8 heteroatoms. The zero-order valence-corrected chi connectivity index (χ0v) is 15.8. The van der Waals surface area contributed by atoms with E-state index in [9.17, 15) is 9.90 Å². The van der Waals surface area contributed by atoms with E-state index in [1.807, 2.05) is 18.2 Å². The van der Waals surface area contributed by atoms with E-state index < -0.39 is 5.91 Å². The van der Waals surface area contributed by atoms with Gasteiger partial charge >= 0.3 is 0 Å². The summed E-state index contributed by atoms with van der Waals surface area (Å²) in [5.41, 5.74) is 0.570. The minimum atomic E-state index is -0.418. The number of halogens is 1. The van der Waals surface area contributed by atoms with Gasteiger partial charge in [0.05, 0.1) is 14.2 Å². The number of amides is 1. The van der Waals surface area contributed by atoms with E-state index in [-0.39, 0.29) is 11.3 Å². The molecule has 0 aliphatic rings. The number of nitrogens with one attached hydrogen (secondary N) is 1. The summed E-state index contributed by atoms with van der Waals surface area (Å²) in [4.78, 5) is 22.9.